The smallest absolute Gasteiger partial charge is 0.247 e. The molecule has 2 aromatic carbocycles. The lowest BCUT2D eigenvalue weighted by Crippen LogP contribution is -2.36. The summed E-state index contributed by atoms with van der Waals surface area (Å²) in [6, 6.07) is 7.76. The molecule has 1 saturated heterocycles. The van der Waals surface area contributed by atoms with E-state index in [1.54, 1.807) is 6.07 Å². The topological polar surface area (TPSA) is 160 Å². The average Bonchev–Trinajstić information content (AvgIpc) is 3.08. The Morgan fingerprint density at radius 2 is 1.78 bits per heavy atom. The van der Waals surface area contributed by atoms with Crippen molar-refractivity contribution in [3.05, 3.63) is 72.1 Å². The highest BCUT2D eigenvalue weighted by Gasteiger charge is 2.28. The second-order valence-electron chi connectivity index (χ2n) is 9.90. The van der Waals surface area contributed by atoms with Gasteiger partial charge in [0.15, 0.2) is 29.0 Å². The van der Waals surface area contributed by atoms with Crippen LogP contribution in [0.2, 0.25) is 0 Å². The van der Waals surface area contributed by atoms with Gasteiger partial charge >= 0.3 is 0 Å². The number of ether oxygens (including phenoxy) is 3. The highest BCUT2D eigenvalue weighted by Crippen LogP contribution is 2.34. The van der Waals surface area contributed by atoms with Gasteiger partial charge in [-0.15, -0.1) is 0 Å². The maximum Gasteiger partial charge on any atom is 0.247 e. The number of benzene rings is 2. The van der Waals surface area contributed by atoms with Crippen LogP contribution in [0.5, 0.6) is 11.5 Å². The van der Waals surface area contributed by atoms with E-state index < -0.39 is 28.9 Å². The maximum absolute atomic E-state index is 15.1. The number of hydrogen-bond acceptors (Lipinski definition) is 12. The van der Waals surface area contributed by atoms with Gasteiger partial charge in [0.05, 0.1) is 45.4 Å². The Morgan fingerprint density at radius 1 is 1.07 bits per heavy atom. The van der Waals surface area contributed by atoms with E-state index >= 15 is 8.78 Å². The summed E-state index contributed by atoms with van der Waals surface area (Å²) in [6.07, 6.45) is 2.55. The first-order valence-electron chi connectivity index (χ1n) is 14.1. The number of rotatable bonds is 12. The molecule has 3 heterocycles. The lowest BCUT2D eigenvalue weighted by molar-refractivity contribution is -0.111. The lowest BCUT2D eigenvalue weighted by Gasteiger charge is -2.29. The van der Waals surface area contributed by atoms with E-state index in [0.29, 0.717) is 43.1 Å². The van der Waals surface area contributed by atoms with Gasteiger partial charge in [0.1, 0.15) is 16.8 Å². The fraction of sp³-hybridized carbons (Fsp3) is 0.258. The molecule has 1 aliphatic heterocycles. The fourth-order valence-corrected chi connectivity index (χ4v) is 4.79. The van der Waals surface area contributed by atoms with Crippen LogP contribution in [-0.4, -0.2) is 85.4 Å². The van der Waals surface area contributed by atoms with Crippen LogP contribution in [0.15, 0.2) is 49.2 Å². The van der Waals surface area contributed by atoms with E-state index in [-0.39, 0.29) is 47.6 Å². The Kier molecular flexibility index (Phi) is 9.83. The van der Waals surface area contributed by atoms with Gasteiger partial charge in [-0.1, -0.05) is 6.58 Å². The molecule has 0 spiro atoms. The van der Waals surface area contributed by atoms with Crippen molar-refractivity contribution in [2.75, 3.05) is 74.5 Å². The molecule has 0 atom stereocenters. The van der Waals surface area contributed by atoms with Crippen molar-refractivity contribution in [3.63, 3.8) is 0 Å². The Labute approximate surface area is 262 Å². The number of nitrogens with zero attached hydrogens (tertiary/aromatic N) is 4. The molecule has 4 N–H and O–H groups in total. The second kappa shape index (κ2) is 14.1. The number of fused-ring (bicyclic) bond motifs is 1. The summed E-state index contributed by atoms with van der Waals surface area (Å²) in [4.78, 5) is 41.0. The number of hydrogen-bond donors (Lipinski definition) is 4. The maximum atomic E-state index is 15.1. The number of carbonyl (C=O) groups is 2. The van der Waals surface area contributed by atoms with Gasteiger partial charge in [0.2, 0.25) is 17.6 Å². The third-order valence-corrected chi connectivity index (χ3v) is 7.07. The normalized spacial score (nSPS) is 12.8. The molecule has 1 aliphatic rings. The van der Waals surface area contributed by atoms with Crippen molar-refractivity contribution in [1.82, 2.24) is 15.0 Å². The Balaban J connectivity index is 1.53. The first kappa shape index (κ1) is 32.0. The van der Waals surface area contributed by atoms with Gasteiger partial charge in [0.25, 0.3) is 0 Å². The van der Waals surface area contributed by atoms with Crippen molar-refractivity contribution in [1.29, 1.82) is 0 Å². The monoisotopic (exact) mass is 635 g/mol. The number of methoxy groups -OCH3 is 2. The van der Waals surface area contributed by atoms with Crippen molar-refractivity contribution < 1.29 is 37.7 Å². The summed E-state index contributed by atoms with van der Waals surface area (Å²) < 4.78 is 45.6. The zero-order valence-corrected chi connectivity index (χ0v) is 25.0. The SMILES string of the molecule is C=CC(=O)Nc1cc(N2CCOCC2)ccc1Nc1ncc2cc(C(=O)c3c(F)c(OC)cc(OC)c3F)nc(NCCO)c2n1. The standard InChI is InChI=1S/C31H31F2N7O6/c1-4-24(42)36-20-14-18(40-8-11-46-12-9-40)5-6-19(20)38-31-35-16-17-13-21(37-30(28(17)39-31)34-7-10-41)29(43)25-26(32)22(44-2)15-23(45-3)27(25)33/h4-6,13-16,41H,1,7-12H2,2-3H3,(H,34,37)(H,36,42)(H,35,38,39). The Hall–Kier alpha value is -5.41. The molecule has 5 rings (SSSR count). The summed E-state index contributed by atoms with van der Waals surface area (Å²) in [7, 11) is 2.35. The second-order valence-corrected chi connectivity index (χ2v) is 9.90. The predicted molar refractivity (Wildman–Crippen MR) is 167 cm³/mol. The van der Waals surface area contributed by atoms with Gasteiger partial charge in [-0.05, 0) is 30.3 Å². The first-order valence-corrected chi connectivity index (χ1v) is 14.1. The van der Waals surface area contributed by atoms with Gasteiger partial charge in [-0.2, -0.15) is 0 Å². The molecule has 13 nitrogen and oxygen atoms in total. The number of amides is 1. The minimum absolute atomic E-state index is 0.0307. The van der Waals surface area contributed by atoms with Crippen LogP contribution in [-0.2, 0) is 9.53 Å². The van der Waals surface area contributed by atoms with Crippen LogP contribution in [0.1, 0.15) is 16.1 Å². The van der Waals surface area contributed by atoms with Crippen LogP contribution in [0.25, 0.3) is 10.9 Å². The summed E-state index contributed by atoms with van der Waals surface area (Å²) in [6.45, 7) is 5.84. The molecule has 2 aromatic heterocycles. The molecule has 46 heavy (non-hydrogen) atoms. The number of anilines is 5. The van der Waals surface area contributed by atoms with Crippen LogP contribution in [0, 0.1) is 11.6 Å². The molecular weight excluding hydrogens is 604 g/mol. The zero-order valence-electron chi connectivity index (χ0n) is 25.0. The molecule has 1 amide bonds. The molecule has 1 fully saturated rings. The molecule has 0 saturated carbocycles. The molecule has 4 aromatic rings. The van der Waals surface area contributed by atoms with Crippen molar-refractivity contribution in [3.8, 4) is 11.5 Å². The number of aliphatic hydroxyl groups excluding tert-OH is 1. The van der Waals surface area contributed by atoms with Crippen LogP contribution >= 0.6 is 0 Å². The summed E-state index contributed by atoms with van der Waals surface area (Å²) in [5.74, 6) is -4.53. The van der Waals surface area contributed by atoms with E-state index in [9.17, 15) is 14.7 Å². The predicted octanol–water partition coefficient (Wildman–Crippen LogP) is 3.66. The van der Waals surface area contributed by atoms with Crippen LogP contribution < -0.4 is 30.3 Å². The quantitative estimate of drug-likeness (QED) is 0.132. The minimum Gasteiger partial charge on any atom is -0.494 e. The molecule has 0 bridgehead atoms. The van der Waals surface area contributed by atoms with Crippen molar-refractivity contribution in [2.45, 2.75) is 0 Å². The first-order chi connectivity index (χ1) is 22.3. The number of carbonyl (C=O) groups excluding carboxylic acids is 2. The highest BCUT2D eigenvalue weighted by atomic mass is 19.1. The largest absolute Gasteiger partial charge is 0.494 e. The number of pyridine rings is 1. The molecule has 15 heteroatoms. The minimum atomic E-state index is -1.22. The van der Waals surface area contributed by atoms with E-state index in [1.807, 2.05) is 12.1 Å². The molecule has 240 valence electrons. The molecule has 0 radical (unpaired) electrons. The summed E-state index contributed by atoms with van der Waals surface area (Å²) >= 11 is 0. The number of aromatic nitrogens is 3. The zero-order chi connectivity index (χ0) is 32.8. The third-order valence-electron chi connectivity index (χ3n) is 7.07. The number of ketones is 1. The highest BCUT2D eigenvalue weighted by molar-refractivity contribution is 6.11. The molecule has 0 unspecified atom stereocenters. The number of nitrogens with one attached hydrogen (secondary N) is 3. The lowest BCUT2D eigenvalue weighted by atomic mass is 10.0. The molecular formula is C31H31F2N7O6. The van der Waals surface area contributed by atoms with Crippen LogP contribution in [0.4, 0.5) is 37.6 Å². The van der Waals surface area contributed by atoms with Gasteiger partial charge in [0, 0.05) is 43.0 Å². The van der Waals surface area contributed by atoms with Gasteiger partial charge < -0.3 is 40.2 Å². The van der Waals surface area contributed by atoms with Crippen molar-refractivity contribution >= 4 is 51.4 Å². The molecule has 0 aliphatic carbocycles. The third kappa shape index (κ3) is 6.64. The Bertz CT molecular complexity index is 1770. The summed E-state index contributed by atoms with van der Waals surface area (Å²) in [5.41, 5.74) is 0.824. The average molecular weight is 636 g/mol. The van der Waals surface area contributed by atoms with Crippen molar-refractivity contribution in [2.24, 2.45) is 0 Å². The fourth-order valence-electron chi connectivity index (χ4n) is 4.79. The Morgan fingerprint density at radius 3 is 2.43 bits per heavy atom. The number of aliphatic hydroxyl groups is 1. The van der Waals surface area contributed by atoms with E-state index in [0.717, 1.165) is 17.8 Å². The van der Waals surface area contributed by atoms with E-state index in [4.69, 9.17) is 14.2 Å². The van der Waals surface area contributed by atoms with E-state index in [1.165, 1.54) is 26.5 Å². The van der Waals surface area contributed by atoms with E-state index in [2.05, 4.69) is 42.4 Å². The summed E-state index contributed by atoms with van der Waals surface area (Å²) in [5, 5.41) is 18.5. The van der Waals surface area contributed by atoms with Crippen LogP contribution in [0.3, 0.4) is 0 Å². The van der Waals surface area contributed by atoms with Gasteiger partial charge in [-0.25, -0.2) is 23.7 Å². The number of morpholine rings is 1. The van der Waals surface area contributed by atoms with Gasteiger partial charge in [-0.3, -0.25) is 9.59 Å². The number of halogens is 2.